The summed E-state index contributed by atoms with van der Waals surface area (Å²) in [7, 11) is 0. The smallest absolute Gasteiger partial charge is 0.123 e. The first-order chi connectivity index (χ1) is 35.4. The van der Waals surface area contributed by atoms with Gasteiger partial charge in [-0.1, -0.05) is 146 Å². The summed E-state index contributed by atoms with van der Waals surface area (Å²) in [6.45, 7) is 0. The molecule has 0 heterocycles. The molecule has 0 N–H and O–H groups in total. The van der Waals surface area contributed by atoms with E-state index >= 15 is 0 Å². The topological polar surface area (TPSA) is 54.1 Å². The van der Waals surface area contributed by atoms with E-state index in [0.717, 1.165) is 99.6 Å². The Hall–Kier alpha value is -9.88. The fourth-order valence-corrected chi connectivity index (χ4v) is 10.2. The van der Waals surface area contributed by atoms with Crippen LogP contribution in [0.4, 0.5) is 42.9 Å². The molecule has 0 aliphatic heterocycles. The predicted molar refractivity (Wildman–Crippen MR) is 291 cm³/mol. The second-order valence-electron chi connectivity index (χ2n) is 17.8. The van der Waals surface area contributed by atoms with Crippen molar-refractivity contribution >= 4 is 66.4 Å². The average Bonchev–Trinajstić information content (AvgIpc) is 3.44. The Morgan fingerprint density at radius 3 is 1.00 bits per heavy atom. The van der Waals surface area contributed by atoms with Crippen molar-refractivity contribution in [2.75, 3.05) is 9.80 Å². The molecule has 12 rings (SSSR count). The fourth-order valence-electron chi connectivity index (χ4n) is 10.2. The Morgan fingerprint density at radius 1 is 0.292 bits per heavy atom. The SMILES string of the molecule is N#Cc1ccccc1N(c1cc(-c2ccccc2)cc(-c2ccc(F)cc2)c1)c1ccc2ccc3c(N(c4cc(-c5ccccc5)cc(-c5ccc(F)cc5)c4)c4ccccc4C#N)ccc4ccc1c2c43. The van der Waals surface area contributed by atoms with Crippen LogP contribution in [0, 0.1) is 34.3 Å². The molecule has 0 unspecified atom stereocenters. The molecule has 12 aromatic carbocycles. The molecular weight excluding hydrogens is 887 g/mol. The molecule has 0 atom stereocenters. The van der Waals surface area contributed by atoms with Crippen LogP contribution in [0.1, 0.15) is 11.1 Å². The highest BCUT2D eigenvalue weighted by molar-refractivity contribution is 6.28. The van der Waals surface area contributed by atoms with E-state index < -0.39 is 0 Å². The molecule has 338 valence electrons. The zero-order chi connectivity index (χ0) is 48.7. The molecule has 0 saturated carbocycles. The summed E-state index contributed by atoms with van der Waals surface area (Å²) in [6, 6.07) is 83.7. The molecule has 0 saturated heterocycles. The molecule has 0 aliphatic carbocycles. The van der Waals surface area contributed by atoms with E-state index in [2.05, 4.69) is 131 Å². The van der Waals surface area contributed by atoms with Crippen LogP contribution in [0.2, 0.25) is 0 Å². The summed E-state index contributed by atoms with van der Waals surface area (Å²) in [5.74, 6) is -0.625. The molecule has 12 aromatic rings. The van der Waals surface area contributed by atoms with Gasteiger partial charge in [-0.3, -0.25) is 0 Å². The molecule has 72 heavy (non-hydrogen) atoms. The molecule has 0 spiro atoms. The van der Waals surface area contributed by atoms with Gasteiger partial charge in [-0.25, -0.2) is 8.78 Å². The van der Waals surface area contributed by atoms with Crippen molar-refractivity contribution in [1.29, 1.82) is 10.5 Å². The molecule has 0 bridgehead atoms. The number of anilines is 6. The molecular formula is C66H40F2N4. The first-order valence-corrected chi connectivity index (χ1v) is 23.6. The van der Waals surface area contributed by atoms with E-state index in [-0.39, 0.29) is 11.6 Å². The maximum atomic E-state index is 14.4. The molecule has 0 amide bonds. The lowest BCUT2D eigenvalue weighted by Gasteiger charge is -2.30. The van der Waals surface area contributed by atoms with Crippen LogP contribution in [-0.2, 0) is 0 Å². The quantitative estimate of drug-likeness (QED) is 0.128. The van der Waals surface area contributed by atoms with Gasteiger partial charge in [0.2, 0.25) is 0 Å². The number of benzene rings is 12. The van der Waals surface area contributed by atoms with Crippen LogP contribution >= 0.6 is 0 Å². The molecule has 0 aromatic heterocycles. The highest BCUT2D eigenvalue weighted by Gasteiger charge is 2.25. The minimum absolute atomic E-state index is 0.313. The molecule has 0 radical (unpaired) electrons. The number of halogens is 2. The summed E-state index contributed by atoms with van der Waals surface area (Å²) >= 11 is 0. The summed E-state index contributed by atoms with van der Waals surface area (Å²) in [4.78, 5) is 4.35. The van der Waals surface area contributed by atoms with Gasteiger partial charge in [0.05, 0.1) is 33.9 Å². The fraction of sp³-hybridized carbons (Fsp3) is 0. The van der Waals surface area contributed by atoms with Gasteiger partial charge >= 0.3 is 0 Å². The molecule has 6 heteroatoms. The van der Waals surface area contributed by atoms with E-state index in [4.69, 9.17) is 0 Å². The number of nitriles is 2. The van der Waals surface area contributed by atoms with Crippen molar-refractivity contribution in [3.05, 3.63) is 265 Å². The van der Waals surface area contributed by atoms with Crippen molar-refractivity contribution in [2.24, 2.45) is 0 Å². The third-order valence-electron chi connectivity index (χ3n) is 13.6. The van der Waals surface area contributed by atoms with E-state index in [1.807, 2.05) is 84.9 Å². The van der Waals surface area contributed by atoms with E-state index in [1.54, 1.807) is 24.3 Å². The van der Waals surface area contributed by atoms with Gasteiger partial charge in [0.1, 0.15) is 23.8 Å². The monoisotopic (exact) mass is 926 g/mol. The maximum Gasteiger partial charge on any atom is 0.123 e. The second kappa shape index (κ2) is 18.2. The van der Waals surface area contributed by atoms with Crippen molar-refractivity contribution in [3.63, 3.8) is 0 Å². The van der Waals surface area contributed by atoms with Crippen LogP contribution in [0.15, 0.2) is 243 Å². The summed E-state index contributed by atoms with van der Waals surface area (Å²) in [5, 5.41) is 27.5. The molecule has 0 fully saturated rings. The van der Waals surface area contributed by atoms with Crippen LogP contribution in [0.5, 0.6) is 0 Å². The van der Waals surface area contributed by atoms with Gasteiger partial charge in [-0.15, -0.1) is 0 Å². The highest BCUT2D eigenvalue weighted by Crippen LogP contribution is 2.50. The van der Waals surface area contributed by atoms with Crippen molar-refractivity contribution in [2.45, 2.75) is 0 Å². The number of rotatable bonds is 10. The Kier molecular flexibility index (Phi) is 11.0. The number of hydrogen-bond acceptors (Lipinski definition) is 4. The maximum absolute atomic E-state index is 14.4. The molecule has 4 nitrogen and oxygen atoms in total. The highest BCUT2D eigenvalue weighted by atomic mass is 19.1. The Morgan fingerprint density at radius 2 is 0.625 bits per heavy atom. The number of nitrogens with zero attached hydrogens (tertiary/aromatic N) is 4. The average molecular weight is 927 g/mol. The van der Waals surface area contributed by atoms with Gasteiger partial charge in [0.15, 0.2) is 0 Å². The zero-order valence-corrected chi connectivity index (χ0v) is 38.6. The first-order valence-electron chi connectivity index (χ1n) is 23.6. The molecule has 0 aliphatic rings. The minimum Gasteiger partial charge on any atom is -0.308 e. The lowest BCUT2D eigenvalue weighted by Crippen LogP contribution is -2.13. The van der Waals surface area contributed by atoms with E-state index in [9.17, 15) is 19.3 Å². The van der Waals surface area contributed by atoms with E-state index in [1.165, 1.54) is 24.3 Å². The number of hydrogen-bond donors (Lipinski definition) is 0. The van der Waals surface area contributed by atoms with Crippen molar-refractivity contribution in [3.8, 4) is 56.6 Å². The van der Waals surface area contributed by atoms with Gasteiger partial charge in [0.25, 0.3) is 0 Å². The van der Waals surface area contributed by atoms with Crippen molar-refractivity contribution < 1.29 is 8.78 Å². The van der Waals surface area contributed by atoms with Gasteiger partial charge in [-0.2, -0.15) is 10.5 Å². The van der Waals surface area contributed by atoms with Crippen LogP contribution < -0.4 is 9.80 Å². The van der Waals surface area contributed by atoms with Gasteiger partial charge < -0.3 is 9.80 Å². The van der Waals surface area contributed by atoms with Crippen LogP contribution in [0.25, 0.3) is 76.8 Å². The third-order valence-corrected chi connectivity index (χ3v) is 13.6. The van der Waals surface area contributed by atoms with Crippen LogP contribution in [-0.4, -0.2) is 0 Å². The van der Waals surface area contributed by atoms with Gasteiger partial charge in [0, 0.05) is 22.1 Å². The normalized spacial score (nSPS) is 11.2. The predicted octanol–water partition coefficient (Wildman–Crippen LogP) is 18.2. The van der Waals surface area contributed by atoms with E-state index in [0.29, 0.717) is 22.5 Å². The Labute approximate surface area is 415 Å². The van der Waals surface area contributed by atoms with Crippen molar-refractivity contribution in [1.82, 2.24) is 0 Å². The summed E-state index contributed by atoms with van der Waals surface area (Å²) in [5.41, 5.74) is 13.3. The Bertz CT molecular complexity index is 3820. The standard InChI is InChI=1S/C66H40F2N4/c67-55-27-19-45(20-28-55)53-35-51(43-11-3-1-4-12-43)37-57(39-53)71(61-17-9-7-15-49(61)41-69)63-33-25-47-24-32-60-64(34-26-48-23-31-59(63)65(47)66(48)60)72(62-18-10-8-16-50(62)42-70)58-38-52(44-13-5-2-6-14-44)36-54(40-58)46-21-29-56(68)30-22-46/h1-40H. The Balaban J connectivity index is 1.12. The summed E-state index contributed by atoms with van der Waals surface area (Å²) in [6.07, 6.45) is 0. The minimum atomic E-state index is -0.313. The van der Waals surface area contributed by atoms with Crippen LogP contribution in [0.3, 0.4) is 0 Å². The lowest BCUT2D eigenvalue weighted by atomic mass is 9.91. The summed E-state index contributed by atoms with van der Waals surface area (Å²) < 4.78 is 28.8. The van der Waals surface area contributed by atoms with Gasteiger partial charge in [-0.05, 0) is 163 Å². The first kappa shape index (κ1) is 43.4. The third kappa shape index (κ3) is 7.80. The zero-order valence-electron chi connectivity index (χ0n) is 38.6. The second-order valence-corrected chi connectivity index (χ2v) is 17.8. The largest absolute Gasteiger partial charge is 0.308 e. The lowest BCUT2D eigenvalue weighted by molar-refractivity contribution is 0.627. The number of para-hydroxylation sites is 2.